The van der Waals surface area contributed by atoms with Crippen LogP contribution in [-0.2, 0) is 16.1 Å². The van der Waals surface area contributed by atoms with E-state index in [1.54, 1.807) is 12.4 Å². The summed E-state index contributed by atoms with van der Waals surface area (Å²) in [6, 6.07) is 2.41. The van der Waals surface area contributed by atoms with E-state index in [1.807, 2.05) is 6.07 Å². The summed E-state index contributed by atoms with van der Waals surface area (Å²) >= 11 is 4.61. The molecule has 2 unspecified atom stereocenters. The first-order valence-electron chi connectivity index (χ1n) is 11.1. The number of thioether (sulfide) groups is 1. The summed E-state index contributed by atoms with van der Waals surface area (Å²) in [5, 5.41) is 29.1. The molecule has 5 rings (SSSR count). The highest BCUT2D eigenvalue weighted by Gasteiger charge is 2.48. The lowest BCUT2D eigenvalue weighted by Gasteiger charge is -2.43. The van der Waals surface area contributed by atoms with Crippen LogP contribution >= 0.6 is 27.7 Å². The van der Waals surface area contributed by atoms with Gasteiger partial charge in [-0.05, 0) is 34.1 Å². The van der Waals surface area contributed by atoms with Crippen molar-refractivity contribution in [2.75, 3.05) is 6.61 Å². The molecule has 0 spiro atoms. The van der Waals surface area contributed by atoms with Crippen LogP contribution in [0.25, 0.3) is 11.3 Å². The maximum Gasteiger partial charge on any atom is 0.219 e. The molecule has 0 amide bonds. The van der Waals surface area contributed by atoms with Crippen LogP contribution in [0.5, 0.6) is 0 Å². The van der Waals surface area contributed by atoms with E-state index in [-0.39, 0.29) is 23.8 Å². The van der Waals surface area contributed by atoms with Crippen LogP contribution in [0, 0.1) is 17.5 Å². The van der Waals surface area contributed by atoms with Gasteiger partial charge in [0, 0.05) is 27.3 Å². The van der Waals surface area contributed by atoms with Gasteiger partial charge >= 0.3 is 0 Å². The highest BCUT2D eigenvalue weighted by molar-refractivity contribution is 9.10. The number of rotatable bonds is 8. The summed E-state index contributed by atoms with van der Waals surface area (Å²) in [7, 11) is 0. The van der Waals surface area contributed by atoms with E-state index in [0.29, 0.717) is 4.90 Å². The Morgan fingerprint density at radius 2 is 1.95 bits per heavy atom. The van der Waals surface area contributed by atoms with Crippen molar-refractivity contribution in [1.82, 2.24) is 25.0 Å². The fraction of sp³-hybridized carbons (Fsp3) is 0.304. The Kier molecular flexibility index (Phi) is 8.11. The predicted octanol–water partition coefficient (Wildman–Crippen LogP) is 3.50. The van der Waals surface area contributed by atoms with E-state index in [1.165, 1.54) is 35.1 Å². The molecule has 1 aliphatic heterocycles. The molecule has 1 fully saturated rings. The molecule has 10 nitrogen and oxygen atoms in total. The first-order valence-corrected chi connectivity index (χ1v) is 12.8. The van der Waals surface area contributed by atoms with Gasteiger partial charge in [-0.25, -0.2) is 22.8 Å². The number of benzene rings is 1. The Hall–Kier alpha value is -2.82. The summed E-state index contributed by atoms with van der Waals surface area (Å²) in [5.41, 5.74) is -0.829. The van der Waals surface area contributed by atoms with E-state index < -0.39 is 53.8 Å². The number of oxazole rings is 1. The Bertz CT molecular complexity index is 1370. The van der Waals surface area contributed by atoms with Gasteiger partial charge in [0.25, 0.3) is 0 Å². The van der Waals surface area contributed by atoms with Gasteiger partial charge in [-0.1, -0.05) is 17.0 Å². The second-order valence-electron chi connectivity index (χ2n) is 8.20. The number of hydrogen-bond donors (Lipinski definition) is 2. The molecule has 0 radical (unpaired) electrons. The molecule has 3 aromatic heterocycles. The fourth-order valence-electron chi connectivity index (χ4n) is 3.98. The van der Waals surface area contributed by atoms with Crippen LogP contribution in [0.4, 0.5) is 13.2 Å². The zero-order valence-electron chi connectivity index (χ0n) is 19.2. The van der Waals surface area contributed by atoms with Gasteiger partial charge in [-0.2, -0.15) is 0 Å². The van der Waals surface area contributed by atoms with Crippen molar-refractivity contribution in [2.45, 2.75) is 41.3 Å². The quantitative estimate of drug-likeness (QED) is 0.285. The normalized spacial score (nSPS) is 23.6. The van der Waals surface area contributed by atoms with Gasteiger partial charge in [0.05, 0.1) is 19.0 Å². The monoisotopic (exact) mass is 613 g/mol. The minimum Gasteiger partial charge on any atom is -0.446 e. The smallest absolute Gasteiger partial charge is 0.219 e. The average Bonchev–Trinajstić information content (AvgIpc) is 3.59. The average molecular weight is 614 g/mol. The van der Waals surface area contributed by atoms with Crippen LogP contribution < -0.4 is 0 Å². The Labute approximate surface area is 225 Å². The molecule has 0 bridgehead atoms. The lowest BCUT2D eigenvalue weighted by atomic mass is 9.97. The largest absolute Gasteiger partial charge is 0.446 e. The molecule has 5 atom stereocenters. The van der Waals surface area contributed by atoms with Crippen molar-refractivity contribution in [3.05, 3.63) is 77.1 Å². The minimum absolute atomic E-state index is 0.0221. The molecule has 1 aromatic carbocycles. The van der Waals surface area contributed by atoms with E-state index in [2.05, 4.69) is 36.2 Å². The topological polar surface area (TPSA) is 129 Å². The zero-order valence-corrected chi connectivity index (χ0v) is 21.6. The third-order valence-electron chi connectivity index (χ3n) is 5.73. The van der Waals surface area contributed by atoms with Crippen LogP contribution in [0.3, 0.4) is 0 Å². The van der Waals surface area contributed by atoms with Gasteiger partial charge in [0.15, 0.2) is 17.5 Å². The minimum atomic E-state index is -1.60. The molecular weight excluding hydrogens is 595 g/mol. The number of hydrogen-bond acceptors (Lipinski definition) is 10. The molecule has 1 aliphatic rings. The number of aromatic nitrogens is 5. The van der Waals surface area contributed by atoms with Gasteiger partial charge < -0.3 is 24.1 Å². The molecule has 38 heavy (non-hydrogen) atoms. The Morgan fingerprint density at radius 1 is 1.16 bits per heavy atom. The van der Waals surface area contributed by atoms with Gasteiger partial charge in [0.2, 0.25) is 5.89 Å². The molecule has 0 saturated carbocycles. The SMILES string of the molecule is OCC1O[C@H](Sc2cncc(Br)c2)C(OCc2ncco2)[C@@H](n2cc(-c3cc(F)c(F)c(F)c3)nn2)[C@H]1O. The standard InChI is InChI=1S/C23H19BrF3N5O5S/c24-12-5-13(7-28-6-12)38-23-22(36-10-18-29-1-2-35-18)20(21(34)17(9-33)37-23)32-8-16(30-31-32)11-3-14(25)19(27)15(26)4-11/h1-8,17,20-23,33-34H,9-10H2/t17?,20-,21-,22?,23+/m0/s1. The summed E-state index contributed by atoms with van der Waals surface area (Å²) in [6.45, 7) is -0.606. The fourth-order valence-corrected chi connectivity index (χ4v) is 5.65. The van der Waals surface area contributed by atoms with Crippen LogP contribution in [0.2, 0.25) is 0 Å². The summed E-state index contributed by atoms with van der Waals surface area (Å²) < 4.78 is 60.5. The first kappa shape index (κ1) is 26.8. The molecule has 1 saturated heterocycles. The van der Waals surface area contributed by atoms with E-state index >= 15 is 0 Å². The number of nitrogens with zero attached hydrogens (tertiary/aromatic N) is 5. The van der Waals surface area contributed by atoms with Crippen molar-refractivity contribution in [2.24, 2.45) is 0 Å². The second-order valence-corrected chi connectivity index (χ2v) is 10.3. The summed E-state index contributed by atoms with van der Waals surface area (Å²) in [6.07, 6.45) is 4.12. The van der Waals surface area contributed by atoms with Crippen LogP contribution in [0.15, 0.2) is 63.0 Å². The lowest BCUT2D eigenvalue weighted by molar-refractivity contribution is -0.197. The van der Waals surface area contributed by atoms with Crippen LogP contribution in [-0.4, -0.2) is 65.5 Å². The first-order chi connectivity index (χ1) is 18.3. The zero-order chi connectivity index (χ0) is 26.8. The molecule has 2 N–H and O–H groups in total. The van der Waals surface area contributed by atoms with E-state index in [9.17, 15) is 23.4 Å². The van der Waals surface area contributed by atoms with Gasteiger partial charge in [-0.3, -0.25) is 4.98 Å². The maximum atomic E-state index is 13.8. The highest BCUT2D eigenvalue weighted by Crippen LogP contribution is 2.40. The van der Waals surface area contributed by atoms with Crippen molar-refractivity contribution in [3.63, 3.8) is 0 Å². The third kappa shape index (κ3) is 5.62. The number of aliphatic hydroxyl groups excluding tert-OH is 2. The lowest BCUT2D eigenvalue weighted by Crippen LogP contribution is -2.55. The maximum absolute atomic E-state index is 13.8. The molecular formula is C23H19BrF3N5O5S. The highest BCUT2D eigenvalue weighted by atomic mass is 79.9. The second kappa shape index (κ2) is 11.5. The summed E-state index contributed by atoms with van der Waals surface area (Å²) in [4.78, 5) is 8.89. The number of aliphatic hydroxyl groups is 2. The number of pyridine rings is 1. The molecule has 0 aliphatic carbocycles. The van der Waals surface area contributed by atoms with E-state index in [4.69, 9.17) is 13.9 Å². The number of ether oxygens (including phenoxy) is 2. The third-order valence-corrected chi connectivity index (χ3v) is 7.28. The van der Waals surface area contributed by atoms with Crippen molar-refractivity contribution in [3.8, 4) is 11.3 Å². The molecule has 4 aromatic rings. The molecule has 200 valence electrons. The predicted molar refractivity (Wildman–Crippen MR) is 129 cm³/mol. The molecule has 15 heteroatoms. The van der Waals surface area contributed by atoms with E-state index in [0.717, 1.165) is 16.6 Å². The van der Waals surface area contributed by atoms with Crippen molar-refractivity contribution in [1.29, 1.82) is 0 Å². The Balaban J connectivity index is 1.51. The molecule has 4 heterocycles. The van der Waals surface area contributed by atoms with Gasteiger partial charge in [0.1, 0.15) is 48.4 Å². The number of halogens is 4. The Morgan fingerprint density at radius 3 is 2.63 bits per heavy atom. The van der Waals surface area contributed by atoms with Crippen molar-refractivity contribution < 1.29 is 37.3 Å². The van der Waals surface area contributed by atoms with Gasteiger partial charge in [-0.15, -0.1) is 5.10 Å². The van der Waals surface area contributed by atoms with Crippen LogP contribution in [0.1, 0.15) is 11.9 Å². The summed E-state index contributed by atoms with van der Waals surface area (Å²) in [5.74, 6) is -4.10. The van der Waals surface area contributed by atoms with Crippen molar-refractivity contribution >= 4 is 27.7 Å².